The summed E-state index contributed by atoms with van der Waals surface area (Å²) in [5.41, 5.74) is 1.57. The molecule has 0 bridgehead atoms. The number of methoxy groups -OCH3 is 1. The van der Waals surface area contributed by atoms with Crippen LogP contribution in [0.15, 0.2) is 47.4 Å². The van der Waals surface area contributed by atoms with Gasteiger partial charge >= 0.3 is 0 Å². The van der Waals surface area contributed by atoms with Crippen LogP contribution in [-0.4, -0.2) is 55.8 Å². The Morgan fingerprint density at radius 1 is 1.14 bits per heavy atom. The van der Waals surface area contributed by atoms with Gasteiger partial charge in [0.1, 0.15) is 5.75 Å². The highest BCUT2D eigenvalue weighted by molar-refractivity contribution is 7.99. The van der Waals surface area contributed by atoms with Gasteiger partial charge in [-0.3, -0.25) is 9.69 Å². The topological polar surface area (TPSA) is 45.7 Å². The summed E-state index contributed by atoms with van der Waals surface area (Å²) >= 11 is 3.30. The first-order valence-corrected chi connectivity index (χ1v) is 11.5. The molecule has 1 amide bonds. The summed E-state index contributed by atoms with van der Waals surface area (Å²) in [6.07, 6.45) is 0.877. The average molecular weight is 430 g/mol. The number of thioether (sulfide) groups is 1. The Labute approximate surface area is 180 Å². The van der Waals surface area contributed by atoms with Gasteiger partial charge in [0.2, 0.25) is 0 Å². The number of fused-ring (bicyclic) bond motifs is 1. The molecule has 0 N–H and O–H groups in total. The molecule has 29 heavy (non-hydrogen) atoms. The Hall–Kier alpha value is -2.09. The average Bonchev–Trinajstić information content (AvgIpc) is 3.14. The molecule has 0 fully saturated rings. The van der Waals surface area contributed by atoms with Crippen LogP contribution in [0.4, 0.5) is 5.13 Å². The molecule has 0 saturated heterocycles. The van der Waals surface area contributed by atoms with Crippen molar-refractivity contribution in [1.29, 1.82) is 0 Å². The van der Waals surface area contributed by atoms with Gasteiger partial charge in [-0.25, -0.2) is 4.98 Å². The van der Waals surface area contributed by atoms with E-state index < -0.39 is 0 Å². The van der Waals surface area contributed by atoms with Gasteiger partial charge in [0, 0.05) is 17.0 Å². The highest BCUT2D eigenvalue weighted by atomic mass is 32.2. The molecule has 0 aliphatic rings. The van der Waals surface area contributed by atoms with E-state index in [2.05, 4.69) is 11.8 Å². The first kappa shape index (κ1) is 21.6. The zero-order valence-electron chi connectivity index (χ0n) is 17.3. The lowest BCUT2D eigenvalue weighted by molar-refractivity contribution is 0.0986. The van der Waals surface area contributed by atoms with Crippen LogP contribution in [0.5, 0.6) is 5.75 Å². The van der Waals surface area contributed by atoms with Gasteiger partial charge in [0.05, 0.1) is 17.3 Å². The third-order valence-corrected chi connectivity index (χ3v) is 6.40. The van der Waals surface area contributed by atoms with Crippen molar-refractivity contribution in [3.63, 3.8) is 0 Å². The quantitative estimate of drug-likeness (QED) is 0.447. The zero-order valence-corrected chi connectivity index (χ0v) is 19.0. The van der Waals surface area contributed by atoms with Crippen molar-refractivity contribution in [2.45, 2.75) is 18.2 Å². The Morgan fingerprint density at radius 3 is 2.55 bits per heavy atom. The standard InChI is InChI=1S/C22H27N3O2S2/c1-5-28-18-10-7-16(8-11-18)21(26)25(14-6-13-24(2)3)22-23-19-12-9-17(27-4)15-20(19)29-22/h7-12,15H,5-6,13-14H2,1-4H3. The molecule has 0 spiro atoms. The number of thiazole rings is 1. The van der Waals surface area contributed by atoms with E-state index >= 15 is 0 Å². The van der Waals surface area contributed by atoms with Crippen molar-refractivity contribution in [3.8, 4) is 5.75 Å². The molecule has 0 atom stereocenters. The minimum Gasteiger partial charge on any atom is -0.497 e. The minimum atomic E-state index is -0.0113. The van der Waals surface area contributed by atoms with E-state index in [0.717, 1.165) is 39.8 Å². The van der Waals surface area contributed by atoms with E-state index in [1.54, 1.807) is 18.9 Å². The van der Waals surface area contributed by atoms with Crippen LogP contribution in [-0.2, 0) is 0 Å². The van der Waals surface area contributed by atoms with Crippen LogP contribution in [0.25, 0.3) is 10.2 Å². The number of rotatable bonds is 9. The third-order valence-electron chi connectivity index (χ3n) is 4.46. The normalized spacial score (nSPS) is 11.2. The Bertz CT molecular complexity index is 954. The maximum absolute atomic E-state index is 13.3. The minimum absolute atomic E-state index is 0.0113. The van der Waals surface area contributed by atoms with Crippen LogP contribution < -0.4 is 9.64 Å². The van der Waals surface area contributed by atoms with Crippen molar-refractivity contribution < 1.29 is 9.53 Å². The fourth-order valence-corrected chi connectivity index (χ4v) is 4.66. The molecular formula is C22H27N3O2S2. The second kappa shape index (κ2) is 10.1. The van der Waals surface area contributed by atoms with Crippen LogP contribution in [0.2, 0.25) is 0 Å². The third kappa shape index (κ3) is 5.50. The number of carbonyl (C=O) groups is 1. The first-order valence-electron chi connectivity index (χ1n) is 9.66. The lowest BCUT2D eigenvalue weighted by Gasteiger charge is -2.21. The van der Waals surface area contributed by atoms with E-state index in [4.69, 9.17) is 9.72 Å². The number of hydrogen-bond acceptors (Lipinski definition) is 6. The fraction of sp³-hybridized carbons (Fsp3) is 0.364. The molecule has 0 radical (unpaired) electrons. The number of ether oxygens (including phenoxy) is 1. The monoisotopic (exact) mass is 429 g/mol. The first-order chi connectivity index (χ1) is 14.0. The van der Waals surface area contributed by atoms with Crippen LogP contribution >= 0.6 is 23.1 Å². The van der Waals surface area contributed by atoms with Crippen molar-refractivity contribution in [2.75, 3.05) is 44.9 Å². The molecular weight excluding hydrogens is 402 g/mol. The highest BCUT2D eigenvalue weighted by Gasteiger charge is 2.21. The summed E-state index contributed by atoms with van der Waals surface area (Å²) in [5, 5.41) is 0.726. The Balaban J connectivity index is 1.89. The van der Waals surface area contributed by atoms with Gasteiger partial charge in [0.15, 0.2) is 5.13 Å². The summed E-state index contributed by atoms with van der Waals surface area (Å²) in [4.78, 5) is 23.2. The van der Waals surface area contributed by atoms with Gasteiger partial charge in [-0.05, 0) is 75.3 Å². The molecule has 1 heterocycles. The van der Waals surface area contributed by atoms with Gasteiger partial charge < -0.3 is 9.64 Å². The summed E-state index contributed by atoms with van der Waals surface area (Å²) in [5.74, 6) is 1.80. The second-order valence-electron chi connectivity index (χ2n) is 6.90. The number of aromatic nitrogens is 1. The molecule has 0 aliphatic heterocycles. The summed E-state index contributed by atoms with van der Waals surface area (Å²) in [6, 6.07) is 13.7. The molecule has 0 saturated carbocycles. The van der Waals surface area contributed by atoms with Gasteiger partial charge in [0.25, 0.3) is 5.91 Å². The maximum atomic E-state index is 13.3. The largest absolute Gasteiger partial charge is 0.497 e. The molecule has 5 nitrogen and oxygen atoms in total. The number of hydrogen-bond donors (Lipinski definition) is 0. The maximum Gasteiger partial charge on any atom is 0.260 e. The van der Waals surface area contributed by atoms with Gasteiger partial charge in [-0.1, -0.05) is 18.3 Å². The number of nitrogens with zero attached hydrogens (tertiary/aromatic N) is 3. The van der Waals surface area contributed by atoms with Gasteiger partial charge in [-0.15, -0.1) is 11.8 Å². The van der Waals surface area contributed by atoms with Crippen molar-refractivity contribution in [2.24, 2.45) is 0 Å². The lowest BCUT2D eigenvalue weighted by Crippen LogP contribution is -2.33. The summed E-state index contributed by atoms with van der Waals surface area (Å²) in [6.45, 7) is 3.66. The number of amides is 1. The van der Waals surface area contributed by atoms with Crippen LogP contribution in [0, 0.1) is 0 Å². The van der Waals surface area contributed by atoms with E-state index in [1.807, 2.05) is 61.5 Å². The van der Waals surface area contributed by atoms with E-state index in [1.165, 1.54) is 16.2 Å². The van der Waals surface area contributed by atoms with E-state index in [9.17, 15) is 4.79 Å². The molecule has 0 unspecified atom stereocenters. The molecule has 3 rings (SSSR count). The van der Waals surface area contributed by atoms with E-state index in [-0.39, 0.29) is 5.91 Å². The van der Waals surface area contributed by atoms with Crippen molar-refractivity contribution >= 4 is 44.4 Å². The second-order valence-corrected chi connectivity index (χ2v) is 9.25. The predicted octanol–water partition coefficient (Wildman–Crippen LogP) is 5.02. The summed E-state index contributed by atoms with van der Waals surface area (Å²) < 4.78 is 6.34. The summed E-state index contributed by atoms with van der Waals surface area (Å²) in [7, 11) is 5.74. The SMILES string of the molecule is CCSc1ccc(C(=O)N(CCCN(C)C)c2nc3ccc(OC)cc3s2)cc1. The molecule has 0 aliphatic carbocycles. The van der Waals surface area contributed by atoms with Crippen LogP contribution in [0.1, 0.15) is 23.7 Å². The van der Waals surface area contributed by atoms with Crippen LogP contribution in [0.3, 0.4) is 0 Å². The lowest BCUT2D eigenvalue weighted by atomic mass is 10.2. The van der Waals surface area contributed by atoms with Crippen molar-refractivity contribution in [3.05, 3.63) is 48.0 Å². The van der Waals surface area contributed by atoms with Gasteiger partial charge in [-0.2, -0.15) is 0 Å². The number of benzene rings is 2. The molecule has 154 valence electrons. The number of anilines is 1. The molecule has 3 aromatic rings. The van der Waals surface area contributed by atoms with Crippen molar-refractivity contribution in [1.82, 2.24) is 9.88 Å². The smallest absolute Gasteiger partial charge is 0.260 e. The number of carbonyl (C=O) groups excluding carboxylic acids is 1. The highest BCUT2D eigenvalue weighted by Crippen LogP contribution is 2.32. The van der Waals surface area contributed by atoms with E-state index in [0.29, 0.717) is 12.1 Å². The molecule has 2 aromatic carbocycles. The molecule has 7 heteroatoms. The zero-order chi connectivity index (χ0) is 20.8. The fourth-order valence-electron chi connectivity index (χ4n) is 2.98. The Morgan fingerprint density at radius 2 is 1.90 bits per heavy atom. The Kier molecular flexibility index (Phi) is 7.52. The molecule has 1 aromatic heterocycles. The predicted molar refractivity (Wildman–Crippen MR) is 124 cm³/mol.